The molecule has 0 aliphatic heterocycles. The van der Waals surface area contributed by atoms with Crippen molar-refractivity contribution in [1.29, 1.82) is 0 Å². The Bertz CT molecular complexity index is 655. The van der Waals surface area contributed by atoms with Gasteiger partial charge in [0.2, 0.25) is 0 Å². The minimum atomic E-state index is -0.814. The van der Waals surface area contributed by atoms with Crippen molar-refractivity contribution >= 4 is 11.6 Å². The van der Waals surface area contributed by atoms with Crippen molar-refractivity contribution in [3.05, 3.63) is 69.2 Å². The van der Waals surface area contributed by atoms with Crippen molar-refractivity contribution in [1.82, 2.24) is 5.32 Å². The maximum Gasteiger partial charge on any atom is 0.162 e. The lowest BCUT2D eigenvalue weighted by Crippen LogP contribution is -2.20. The molecular weight excluding hydrogens is 292 g/mol. The van der Waals surface area contributed by atoms with Gasteiger partial charge in [-0.15, -0.1) is 0 Å². The molecular formula is C17H18ClF2N. The van der Waals surface area contributed by atoms with Crippen LogP contribution in [0, 0.1) is 25.5 Å². The summed E-state index contributed by atoms with van der Waals surface area (Å²) in [5.74, 6) is -1.59. The Morgan fingerprint density at radius 1 is 1.14 bits per heavy atom. The predicted molar refractivity (Wildman–Crippen MR) is 82.8 cm³/mol. The molecule has 4 heteroatoms. The van der Waals surface area contributed by atoms with Crippen LogP contribution in [0.15, 0.2) is 30.3 Å². The van der Waals surface area contributed by atoms with Crippen LogP contribution >= 0.6 is 11.6 Å². The summed E-state index contributed by atoms with van der Waals surface area (Å²) in [5.41, 5.74) is 3.41. The van der Waals surface area contributed by atoms with Gasteiger partial charge < -0.3 is 5.32 Å². The molecule has 1 N–H and O–H groups in total. The minimum Gasteiger partial charge on any atom is -0.313 e. The summed E-state index contributed by atoms with van der Waals surface area (Å²) >= 11 is 6.11. The molecule has 2 aromatic carbocycles. The van der Waals surface area contributed by atoms with Crippen LogP contribution in [0.5, 0.6) is 0 Å². The average Bonchev–Trinajstić information content (AvgIpc) is 2.45. The summed E-state index contributed by atoms with van der Waals surface area (Å²) in [7, 11) is 1.81. The quantitative estimate of drug-likeness (QED) is 0.860. The number of halogens is 3. The van der Waals surface area contributed by atoms with E-state index in [1.807, 2.05) is 33.0 Å². The second-order valence-electron chi connectivity index (χ2n) is 5.22. The summed E-state index contributed by atoms with van der Waals surface area (Å²) in [5, 5.41) is 3.88. The first-order chi connectivity index (χ1) is 9.93. The molecule has 112 valence electrons. The van der Waals surface area contributed by atoms with Crippen molar-refractivity contribution in [3.63, 3.8) is 0 Å². The Kier molecular flexibility index (Phi) is 4.96. The highest BCUT2D eigenvalue weighted by atomic mass is 35.5. The van der Waals surface area contributed by atoms with Crippen LogP contribution in [0.2, 0.25) is 5.02 Å². The highest BCUT2D eigenvalue weighted by Gasteiger charge is 2.17. The van der Waals surface area contributed by atoms with E-state index in [4.69, 9.17) is 11.6 Å². The first kappa shape index (κ1) is 15.9. The molecule has 0 aliphatic rings. The summed E-state index contributed by atoms with van der Waals surface area (Å²) in [4.78, 5) is 0. The first-order valence-corrected chi connectivity index (χ1v) is 7.18. The van der Waals surface area contributed by atoms with Crippen LogP contribution in [0.4, 0.5) is 8.78 Å². The van der Waals surface area contributed by atoms with Crippen LogP contribution in [0.3, 0.4) is 0 Å². The molecule has 0 saturated carbocycles. The molecule has 0 bridgehead atoms. The molecule has 1 atom stereocenters. The summed E-state index contributed by atoms with van der Waals surface area (Å²) < 4.78 is 27.2. The fourth-order valence-corrected chi connectivity index (χ4v) is 2.69. The summed E-state index contributed by atoms with van der Waals surface area (Å²) in [6, 6.07) is 8.07. The van der Waals surface area contributed by atoms with Gasteiger partial charge in [-0.2, -0.15) is 0 Å². The molecule has 0 amide bonds. The largest absolute Gasteiger partial charge is 0.313 e. The molecule has 0 saturated heterocycles. The molecule has 0 spiro atoms. The van der Waals surface area contributed by atoms with Crippen molar-refractivity contribution in [3.8, 4) is 0 Å². The van der Waals surface area contributed by atoms with Gasteiger partial charge in [0.25, 0.3) is 0 Å². The SMILES string of the molecule is CNC(Cc1cccc(F)c1F)c1cc(C)c(Cl)cc1C. The van der Waals surface area contributed by atoms with Crippen molar-refractivity contribution in [2.75, 3.05) is 7.05 Å². The number of likely N-dealkylation sites (N-methyl/N-ethyl adjacent to an activating group) is 1. The number of benzene rings is 2. The Hall–Kier alpha value is -1.45. The predicted octanol–water partition coefficient (Wildman–Crippen LogP) is 4.74. The number of rotatable bonds is 4. The molecule has 1 unspecified atom stereocenters. The third-order valence-electron chi connectivity index (χ3n) is 3.73. The van der Waals surface area contributed by atoms with Gasteiger partial charge in [0.15, 0.2) is 11.6 Å². The Balaban J connectivity index is 2.37. The Morgan fingerprint density at radius 3 is 2.52 bits per heavy atom. The smallest absolute Gasteiger partial charge is 0.162 e. The zero-order chi connectivity index (χ0) is 15.6. The third-order valence-corrected chi connectivity index (χ3v) is 4.13. The van der Waals surface area contributed by atoms with E-state index in [0.717, 1.165) is 22.8 Å². The number of hydrogen-bond donors (Lipinski definition) is 1. The maximum atomic E-state index is 13.8. The molecule has 1 nitrogen and oxygen atoms in total. The normalized spacial score (nSPS) is 12.5. The lowest BCUT2D eigenvalue weighted by Gasteiger charge is -2.20. The van der Waals surface area contributed by atoms with E-state index in [1.54, 1.807) is 6.07 Å². The standard InChI is InChI=1S/C17H18ClF2N/c1-10-8-14(18)11(2)7-13(10)16(21-3)9-12-5-4-6-15(19)17(12)20/h4-8,16,21H,9H2,1-3H3. The van der Waals surface area contributed by atoms with Gasteiger partial charge in [-0.3, -0.25) is 0 Å². The molecule has 0 radical (unpaired) electrons. The highest BCUT2D eigenvalue weighted by Crippen LogP contribution is 2.28. The Labute approximate surface area is 128 Å². The van der Waals surface area contributed by atoms with Crippen LogP contribution in [-0.2, 0) is 6.42 Å². The van der Waals surface area contributed by atoms with Gasteiger partial charge in [-0.1, -0.05) is 29.8 Å². The van der Waals surface area contributed by atoms with Crippen molar-refractivity contribution in [2.45, 2.75) is 26.3 Å². The average molecular weight is 310 g/mol. The zero-order valence-electron chi connectivity index (χ0n) is 12.3. The van der Waals surface area contributed by atoms with E-state index < -0.39 is 11.6 Å². The van der Waals surface area contributed by atoms with Crippen LogP contribution in [0.1, 0.15) is 28.3 Å². The second kappa shape index (κ2) is 6.54. The fraction of sp³-hybridized carbons (Fsp3) is 0.294. The molecule has 0 fully saturated rings. The first-order valence-electron chi connectivity index (χ1n) is 6.80. The van der Waals surface area contributed by atoms with E-state index in [-0.39, 0.29) is 6.04 Å². The fourth-order valence-electron chi connectivity index (χ4n) is 2.47. The summed E-state index contributed by atoms with van der Waals surface area (Å²) in [6.07, 6.45) is 0.377. The van der Waals surface area contributed by atoms with Gasteiger partial charge in [-0.25, -0.2) is 8.78 Å². The van der Waals surface area contributed by atoms with E-state index in [2.05, 4.69) is 5.32 Å². The molecule has 21 heavy (non-hydrogen) atoms. The minimum absolute atomic E-state index is 0.0998. The van der Waals surface area contributed by atoms with E-state index in [0.29, 0.717) is 17.0 Å². The van der Waals surface area contributed by atoms with Gasteiger partial charge in [0, 0.05) is 11.1 Å². The molecule has 0 aliphatic carbocycles. The highest BCUT2D eigenvalue weighted by molar-refractivity contribution is 6.31. The van der Waals surface area contributed by atoms with E-state index in [9.17, 15) is 8.78 Å². The number of nitrogens with one attached hydrogen (secondary N) is 1. The number of aryl methyl sites for hydroxylation is 2. The third kappa shape index (κ3) is 3.42. The molecule has 2 aromatic rings. The topological polar surface area (TPSA) is 12.0 Å². The maximum absolute atomic E-state index is 13.8. The van der Waals surface area contributed by atoms with Gasteiger partial charge in [-0.05, 0) is 61.7 Å². The monoisotopic (exact) mass is 309 g/mol. The van der Waals surface area contributed by atoms with Gasteiger partial charge in [0.1, 0.15) is 0 Å². The Morgan fingerprint density at radius 2 is 1.86 bits per heavy atom. The molecule has 0 aromatic heterocycles. The van der Waals surface area contributed by atoms with Gasteiger partial charge >= 0.3 is 0 Å². The lowest BCUT2D eigenvalue weighted by atomic mass is 9.94. The van der Waals surface area contributed by atoms with E-state index >= 15 is 0 Å². The van der Waals surface area contributed by atoms with Gasteiger partial charge in [0.05, 0.1) is 0 Å². The number of hydrogen-bond acceptors (Lipinski definition) is 1. The van der Waals surface area contributed by atoms with Crippen LogP contribution in [0.25, 0.3) is 0 Å². The zero-order valence-corrected chi connectivity index (χ0v) is 13.1. The van der Waals surface area contributed by atoms with Crippen LogP contribution in [-0.4, -0.2) is 7.05 Å². The van der Waals surface area contributed by atoms with Crippen molar-refractivity contribution in [2.24, 2.45) is 0 Å². The van der Waals surface area contributed by atoms with Crippen LogP contribution < -0.4 is 5.32 Å². The lowest BCUT2D eigenvalue weighted by molar-refractivity contribution is 0.486. The van der Waals surface area contributed by atoms with E-state index in [1.165, 1.54) is 6.07 Å². The summed E-state index contributed by atoms with van der Waals surface area (Å²) in [6.45, 7) is 3.90. The van der Waals surface area contributed by atoms with Crippen molar-refractivity contribution < 1.29 is 8.78 Å². The molecule has 0 heterocycles. The second-order valence-corrected chi connectivity index (χ2v) is 5.62. The molecule has 2 rings (SSSR count).